The molecule has 2 aromatic carbocycles. The summed E-state index contributed by atoms with van der Waals surface area (Å²) in [5.74, 6) is 0.645. The molecule has 0 radical (unpaired) electrons. The number of amides is 2. The molecule has 1 saturated carbocycles. The number of carbonyl (C=O) groups is 2. The van der Waals surface area contributed by atoms with Crippen molar-refractivity contribution in [2.75, 3.05) is 16.0 Å². The van der Waals surface area contributed by atoms with Gasteiger partial charge in [-0.3, -0.25) is 9.59 Å². The van der Waals surface area contributed by atoms with Gasteiger partial charge in [0.1, 0.15) is 5.82 Å². The number of benzene rings is 2. The van der Waals surface area contributed by atoms with Crippen molar-refractivity contribution in [3.63, 3.8) is 0 Å². The number of hydrogen-bond donors (Lipinski definition) is 3. The second-order valence-corrected chi connectivity index (χ2v) is 8.37. The molecule has 1 aromatic heterocycles. The molecule has 34 heavy (non-hydrogen) atoms. The Morgan fingerprint density at radius 1 is 1.00 bits per heavy atom. The maximum atomic E-state index is 12.9. The van der Waals surface area contributed by atoms with Crippen LogP contribution in [0.3, 0.4) is 0 Å². The van der Waals surface area contributed by atoms with Crippen LogP contribution < -0.4 is 16.0 Å². The van der Waals surface area contributed by atoms with Gasteiger partial charge < -0.3 is 16.0 Å². The number of hydrogen-bond acceptors (Lipinski definition) is 5. The minimum atomic E-state index is -0.266. The fourth-order valence-corrected chi connectivity index (χ4v) is 3.51. The van der Waals surface area contributed by atoms with Crippen molar-refractivity contribution in [2.45, 2.75) is 26.2 Å². The third-order valence-corrected chi connectivity index (χ3v) is 5.56. The van der Waals surface area contributed by atoms with Crippen LogP contribution in [-0.2, 0) is 11.2 Å². The molecule has 1 aliphatic carbocycles. The van der Waals surface area contributed by atoms with E-state index in [2.05, 4.69) is 39.1 Å². The maximum Gasteiger partial charge on any atom is 0.256 e. The highest BCUT2D eigenvalue weighted by atomic mass is 16.2. The highest BCUT2D eigenvalue weighted by Gasteiger charge is 2.24. The lowest BCUT2D eigenvalue weighted by Gasteiger charge is -2.12. The first-order valence-corrected chi connectivity index (χ1v) is 11.1. The van der Waals surface area contributed by atoms with E-state index in [9.17, 15) is 9.59 Å². The Hall–Kier alpha value is -4.26. The molecule has 2 amide bonds. The van der Waals surface area contributed by atoms with Gasteiger partial charge in [-0.15, -0.1) is 0 Å². The average Bonchev–Trinajstić information content (AvgIpc) is 3.67. The minimum Gasteiger partial charge on any atom is -0.359 e. The van der Waals surface area contributed by atoms with Crippen LogP contribution >= 0.6 is 0 Å². The molecule has 0 saturated heterocycles. The van der Waals surface area contributed by atoms with E-state index in [-0.39, 0.29) is 11.8 Å². The van der Waals surface area contributed by atoms with Gasteiger partial charge in [0.25, 0.3) is 5.91 Å². The monoisotopic (exact) mass is 453 g/mol. The predicted molar refractivity (Wildman–Crippen MR) is 135 cm³/mol. The molecule has 0 spiro atoms. The molecule has 0 atom stereocenters. The second-order valence-electron chi connectivity index (χ2n) is 8.37. The third kappa shape index (κ3) is 5.95. The van der Waals surface area contributed by atoms with Crippen LogP contribution in [0.1, 0.15) is 40.2 Å². The van der Waals surface area contributed by atoms with Crippen LogP contribution in [0.4, 0.5) is 17.1 Å². The van der Waals surface area contributed by atoms with Crippen molar-refractivity contribution in [2.24, 2.45) is 5.92 Å². The molecule has 0 unspecified atom stereocenters. The van der Waals surface area contributed by atoms with Crippen LogP contribution in [0.2, 0.25) is 0 Å². The molecule has 0 aliphatic heterocycles. The lowest BCUT2D eigenvalue weighted by molar-refractivity contribution is -0.111. The fraction of sp³-hybridized carbons (Fsp3) is 0.185. The van der Waals surface area contributed by atoms with Gasteiger partial charge in [-0.05, 0) is 67.2 Å². The summed E-state index contributed by atoms with van der Waals surface area (Å²) in [6.45, 7) is 9.44. The Morgan fingerprint density at radius 2 is 1.74 bits per heavy atom. The van der Waals surface area contributed by atoms with Gasteiger partial charge in [-0.1, -0.05) is 31.4 Å². The summed E-state index contributed by atoms with van der Waals surface area (Å²) in [6, 6.07) is 13.2. The highest BCUT2D eigenvalue weighted by Crippen LogP contribution is 2.36. The van der Waals surface area contributed by atoms with Crippen molar-refractivity contribution in [3.05, 3.63) is 102 Å². The highest BCUT2D eigenvalue weighted by molar-refractivity contribution is 6.05. The SMILES string of the molecule is C=CC(=O)Nc1cccc(Cc2ncc(NC(=O)c3cc(NC(=C)C4CC4)ccc3C)cn2)c1. The second kappa shape index (κ2) is 10.1. The van der Waals surface area contributed by atoms with E-state index in [4.69, 9.17) is 0 Å². The Morgan fingerprint density at radius 3 is 2.44 bits per heavy atom. The molecule has 1 heterocycles. The molecular formula is C27H27N5O2. The summed E-state index contributed by atoms with van der Waals surface area (Å²) in [5.41, 5.74) is 5.45. The maximum absolute atomic E-state index is 12.9. The summed E-state index contributed by atoms with van der Waals surface area (Å²) < 4.78 is 0. The average molecular weight is 454 g/mol. The summed E-state index contributed by atoms with van der Waals surface area (Å²) in [6.07, 6.45) is 7.23. The van der Waals surface area contributed by atoms with Gasteiger partial charge in [-0.25, -0.2) is 9.97 Å². The summed E-state index contributed by atoms with van der Waals surface area (Å²) in [4.78, 5) is 33.1. The third-order valence-electron chi connectivity index (χ3n) is 5.56. The molecule has 7 nitrogen and oxygen atoms in total. The van der Waals surface area contributed by atoms with Crippen molar-refractivity contribution in [1.29, 1.82) is 0 Å². The lowest BCUT2D eigenvalue weighted by atomic mass is 10.1. The quantitative estimate of drug-likeness (QED) is 0.392. The molecule has 1 fully saturated rings. The van der Waals surface area contributed by atoms with Crippen LogP contribution in [0.15, 0.2) is 79.8 Å². The van der Waals surface area contributed by atoms with E-state index in [1.807, 2.05) is 43.3 Å². The van der Waals surface area contributed by atoms with Gasteiger partial charge in [-0.2, -0.15) is 0 Å². The van der Waals surface area contributed by atoms with E-state index in [1.54, 1.807) is 18.5 Å². The summed E-state index contributed by atoms with van der Waals surface area (Å²) in [5, 5.41) is 8.92. The zero-order valence-corrected chi connectivity index (χ0v) is 19.1. The number of carbonyl (C=O) groups excluding carboxylic acids is 2. The van der Waals surface area contributed by atoms with Gasteiger partial charge >= 0.3 is 0 Å². The Balaban J connectivity index is 1.39. The van der Waals surface area contributed by atoms with Gasteiger partial charge in [0.05, 0.1) is 18.1 Å². The number of aryl methyl sites for hydroxylation is 1. The number of aromatic nitrogens is 2. The largest absolute Gasteiger partial charge is 0.359 e. The summed E-state index contributed by atoms with van der Waals surface area (Å²) >= 11 is 0. The molecule has 3 N–H and O–H groups in total. The number of anilines is 3. The topological polar surface area (TPSA) is 96.0 Å². The Kier molecular flexibility index (Phi) is 6.82. The molecule has 0 bridgehead atoms. The van der Waals surface area contributed by atoms with Crippen LogP contribution in [0, 0.1) is 12.8 Å². The number of nitrogens with one attached hydrogen (secondary N) is 3. The normalized spacial score (nSPS) is 12.5. The minimum absolute atomic E-state index is 0.222. The Labute approximate surface area is 199 Å². The van der Waals surface area contributed by atoms with Crippen molar-refractivity contribution in [1.82, 2.24) is 9.97 Å². The van der Waals surface area contributed by atoms with Crippen LogP contribution in [0.5, 0.6) is 0 Å². The van der Waals surface area contributed by atoms with E-state index >= 15 is 0 Å². The Bertz CT molecular complexity index is 1250. The van der Waals surface area contributed by atoms with E-state index in [0.717, 1.165) is 22.5 Å². The molecule has 3 aromatic rings. The van der Waals surface area contributed by atoms with Crippen molar-refractivity contribution >= 4 is 28.9 Å². The van der Waals surface area contributed by atoms with Gasteiger partial charge in [0.2, 0.25) is 5.91 Å². The standard InChI is InChI=1S/C27H27N5O2/c1-4-26(33)31-21-7-5-6-19(12-21)13-25-28-15-23(16-29-25)32-27(34)24-14-22(11-8-17(24)2)30-18(3)20-9-10-20/h4-8,11-12,14-16,20,30H,1,3,9-10,13H2,2H3,(H,31,33)(H,32,34). The van der Waals surface area contributed by atoms with Crippen molar-refractivity contribution in [3.8, 4) is 0 Å². The van der Waals surface area contributed by atoms with Crippen LogP contribution in [-0.4, -0.2) is 21.8 Å². The van der Waals surface area contributed by atoms with Crippen LogP contribution in [0.25, 0.3) is 0 Å². The first kappa shape index (κ1) is 22.9. The summed E-state index contributed by atoms with van der Waals surface area (Å²) in [7, 11) is 0. The van der Waals surface area contributed by atoms with Gasteiger partial charge in [0.15, 0.2) is 0 Å². The van der Waals surface area contributed by atoms with Crippen molar-refractivity contribution < 1.29 is 9.59 Å². The van der Waals surface area contributed by atoms with Gasteiger partial charge in [0, 0.05) is 29.1 Å². The number of allylic oxidation sites excluding steroid dienone is 1. The zero-order valence-electron chi connectivity index (χ0n) is 19.1. The molecule has 172 valence electrons. The van der Waals surface area contributed by atoms with E-state index in [0.29, 0.717) is 35.1 Å². The predicted octanol–water partition coefficient (Wildman–Crippen LogP) is 5.09. The smallest absolute Gasteiger partial charge is 0.256 e. The number of rotatable bonds is 9. The van der Waals surface area contributed by atoms with E-state index < -0.39 is 0 Å². The van der Waals surface area contributed by atoms with E-state index in [1.165, 1.54) is 18.9 Å². The first-order chi connectivity index (χ1) is 16.4. The molecule has 7 heteroatoms. The lowest BCUT2D eigenvalue weighted by Crippen LogP contribution is -2.14. The molecule has 1 aliphatic rings. The zero-order chi connectivity index (χ0) is 24.1. The molecular weight excluding hydrogens is 426 g/mol. The molecule has 4 rings (SSSR count). The first-order valence-electron chi connectivity index (χ1n) is 11.1. The fourth-order valence-electron chi connectivity index (χ4n) is 3.51. The number of nitrogens with zero attached hydrogens (tertiary/aromatic N) is 2.